The van der Waals surface area contributed by atoms with Gasteiger partial charge in [-0.1, -0.05) is 13.8 Å². The lowest BCUT2D eigenvalue weighted by atomic mass is 9.82. The molecule has 0 bridgehead atoms. The molecule has 2 N–H and O–H groups in total. The molecule has 6 heteroatoms. The molecule has 0 atom stereocenters. The second kappa shape index (κ2) is 6.98. The number of urea groups is 1. The van der Waals surface area contributed by atoms with E-state index in [0.29, 0.717) is 25.1 Å². The molecule has 0 saturated heterocycles. The van der Waals surface area contributed by atoms with Gasteiger partial charge in [0.25, 0.3) is 0 Å². The van der Waals surface area contributed by atoms with E-state index in [9.17, 15) is 14.7 Å². The predicted octanol–water partition coefficient (Wildman–Crippen LogP) is 2.31. The molecule has 1 rings (SSSR count). The van der Waals surface area contributed by atoms with Gasteiger partial charge in [0.2, 0.25) is 0 Å². The second-order valence-electron chi connectivity index (χ2n) is 4.89. The molecule has 6 nitrogen and oxygen atoms in total. The van der Waals surface area contributed by atoms with Crippen LogP contribution < -0.4 is 5.32 Å². The summed E-state index contributed by atoms with van der Waals surface area (Å²) in [6.07, 6.45) is 2.49. The molecule has 0 fully saturated rings. The van der Waals surface area contributed by atoms with Crippen molar-refractivity contribution in [3.8, 4) is 0 Å². The zero-order valence-corrected chi connectivity index (χ0v) is 12.2. The quantitative estimate of drug-likeness (QED) is 0.804. The molecule has 0 spiro atoms. The Kier molecular flexibility index (Phi) is 5.61. The fraction of sp³-hybridized carbons (Fsp3) is 0.571. The van der Waals surface area contributed by atoms with E-state index < -0.39 is 11.4 Å². The molecule has 20 heavy (non-hydrogen) atoms. The Hall–Kier alpha value is -1.98. The number of amides is 2. The lowest BCUT2D eigenvalue weighted by Gasteiger charge is -2.28. The maximum absolute atomic E-state index is 12.0. The summed E-state index contributed by atoms with van der Waals surface area (Å²) in [4.78, 5) is 24.7. The highest BCUT2D eigenvalue weighted by atomic mass is 16.4. The van der Waals surface area contributed by atoms with Crippen molar-refractivity contribution in [3.05, 3.63) is 24.2 Å². The summed E-state index contributed by atoms with van der Waals surface area (Å²) in [7, 11) is 1.64. The van der Waals surface area contributed by atoms with Gasteiger partial charge in [0.05, 0.1) is 18.2 Å². The molecule has 112 valence electrons. The van der Waals surface area contributed by atoms with Crippen molar-refractivity contribution in [2.75, 3.05) is 13.6 Å². The third-order valence-electron chi connectivity index (χ3n) is 3.71. The summed E-state index contributed by atoms with van der Waals surface area (Å²) < 4.78 is 5.16. The first-order valence-electron chi connectivity index (χ1n) is 6.70. The summed E-state index contributed by atoms with van der Waals surface area (Å²) >= 11 is 0. The van der Waals surface area contributed by atoms with E-state index in [1.807, 2.05) is 13.8 Å². The van der Waals surface area contributed by atoms with Crippen LogP contribution in [0.2, 0.25) is 0 Å². The normalized spacial score (nSPS) is 11.2. The third-order valence-corrected chi connectivity index (χ3v) is 3.71. The first kappa shape index (κ1) is 16.1. The Bertz CT molecular complexity index is 438. The molecule has 0 radical (unpaired) electrons. The van der Waals surface area contributed by atoms with Crippen LogP contribution in [0, 0.1) is 5.41 Å². The number of carboxylic acids is 1. The summed E-state index contributed by atoms with van der Waals surface area (Å²) in [6, 6.07) is 3.22. The van der Waals surface area contributed by atoms with Gasteiger partial charge in [-0.15, -0.1) is 0 Å². The van der Waals surface area contributed by atoms with Crippen LogP contribution in [0.1, 0.15) is 32.4 Å². The topological polar surface area (TPSA) is 82.8 Å². The number of rotatable bonds is 7. The average Bonchev–Trinajstić information content (AvgIpc) is 2.92. The number of nitrogens with one attached hydrogen (secondary N) is 1. The minimum absolute atomic E-state index is 0.122. The van der Waals surface area contributed by atoms with Gasteiger partial charge in [0.1, 0.15) is 5.76 Å². The summed E-state index contributed by atoms with van der Waals surface area (Å²) in [5, 5.41) is 12.0. The van der Waals surface area contributed by atoms with E-state index in [2.05, 4.69) is 5.32 Å². The van der Waals surface area contributed by atoms with Crippen molar-refractivity contribution in [1.29, 1.82) is 0 Å². The van der Waals surface area contributed by atoms with Crippen molar-refractivity contribution in [2.45, 2.75) is 33.2 Å². The van der Waals surface area contributed by atoms with Gasteiger partial charge in [-0.3, -0.25) is 4.79 Å². The van der Waals surface area contributed by atoms with E-state index >= 15 is 0 Å². The second-order valence-corrected chi connectivity index (χ2v) is 4.89. The molecule has 1 heterocycles. The van der Waals surface area contributed by atoms with Crippen molar-refractivity contribution in [1.82, 2.24) is 10.2 Å². The molecule has 2 amide bonds. The maximum Gasteiger partial charge on any atom is 0.317 e. The molecule has 0 aliphatic rings. The van der Waals surface area contributed by atoms with Crippen LogP contribution in [0.25, 0.3) is 0 Å². The number of aliphatic carboxylic acids is 1. The molecule has 1 aromatic heterocycles. The third kappa shape index (κ3) is 3.76. The number of hydrogen-bond donors (Lipinski definition) is 2. The number of carbonyl (C=O) groups excluding carboxylic acids is 1. The first-order valence-corrected chi connectivity index (χ1v) is 6.70. The molecular weight excluding hydrogens is 260 g/mol. The minimum atomic E-state index is -0.902. The fourth-order valence-electron chi connectivity index (χ4n) is 1.97. The zero-order valence-electron chi connectivity index (χ0n) is 12.2. The minimum Gasteiger partial charge on any atom is -0.481 e. The van der Waals surface area contributed by atoms with E-state index in [-0.39, 0.29) is 12.6 Å². The largest absolute Gasteiger partial charge is 0.481 e. The number of carboxylic acid groups (broad SMARTS) is 1. The van der Waals surface area contributed by atoms with E-state index in [1.54, 1.807) is 25.4 Å². The standard InChI is InChI=1S/C14H22N2O4/c1-4-14(5-2,12(17)18)10-15-13(19)16(3)9-11-7-6-8-20-11/h6-8H,4-5,9-10H2,1-3H3,(H,15,19)(H,17,18). The SMILES string of the molecule is CCC(CC)(CNC(=O)N(C)Cc1ccco1)C(=O)O. The van der Waals surface area contributed by atoms with Gasteiger partial charge >= 0.3 is 12.0 Å². The number of carbonyl (C=O) groups is 2. The van der Waals surface area contributed by atoms with Crippen LogP contribution in [-0.4, -0.2) is 35.6 Å². The van der Waals surface area contributed by atoms with Crippen molar-refractivity contribution < 1.29 is 19.1 Å². The monoisotopic (exact) mass is 282 g/mol. The zero-order chi connectivity index (χ0) is 15.2. The van der Waals surface area contributed by atoms with Gasteiger partial charge in [0.15, 0.2) is 0 Å². The molecule has 0 unspecified atom stereocenters. The van der Waals surface area contributed by atoms with Crippen molar-refractivity contribution in [2.24, 2.45) is 5.41 Å². The summed E-state index contributed by atoms with van der Waals surface area (Å²) in [5.41, 5.74) is -0.902. The van der Waals surface area contributed by atoms with Crippen molar-refractivity contribution in [3.63, 3.8) is 0 Å². The van der Waals surface area contributed by atoms with E-state index in [4.69, 9.17) is 4.42 Å². The Morgan fingerprint density at radius 3 is 2.50 bits per heavy atom. The van der Waals surface area contributed by atoms with E-state index in [1.165, 1.54) is 4.90 Å². The van der Waals surface area contributed by atoms with Gasteiger partial charge < -0.3 is 19.7 Å². The number of nitrogens with zero attached hydrogens (tertiary/aromatic N) is 1. The average molecular weight is 282 g/mol. The molecular formula is C14H22N2O4. The lowest BCUT2D eigenvalue weighted by Crippen LogP contribution is -2.46. The van der Waals surface area contributed by atoms with Crippen LogP contribution in [0.4, 0.5) is 4.79 Å². The Labute approximate surface area is 118 Å². The van der Waals surface area contributed by atoms with E-state index in [0.717, 1.165) is 0 Å². The predicted molar refractivity (Wildman–Crippen MR) is 74.2 cm³/mol. The van der Waals surface area contributed by atoms with Crippen LogP contribution >= 0.6 is 0 Å². The number of furan rings is 1. The van der Waals surface area contributed by atoms with Crippen LogP contribution in [0.5, 0.6) is 0 Å². The lowest BCUT2D eigenvalue weighted by molar-refractivity contribution is -0.149. The van der Waals surface area contributed by atoms with Gasteiger partial charge in [0, 0.05) is 13.6 Å². The molecule has 1 aromatic rings. The highest BCUT2D eigenvalue weighted by Gasteiger charge is 2.35. The van der Waals surface area contributed by atoms with Crippen molar-refractivity contribution >= 4 is 12.0 Å². The molecule has 0 saturated carbocycles. The van der Waals surface area contributed by atoms with Gasteiger partial charge in [-0.2, -0.15) is 0 Å². The molecule has 0 aromatic carbocycles. The summed E-state index contributed by atoms with van der Waals surface area (Å²) in [5.74, 6) is -0.199. The number of hydrogen-bond acceptors (Lipinski definition) is 3. The smallest absolute Gasteiger partial charge is 0.317 e. The summed E-state index contributed by atoms with van der Waals surface area (Å²) in [6.45, 7) is 4.10. The highest BCUT2D eigenvalue weighted by Crippen LogP contribution is 2.25. The van der Waals surface area contributed by atoms with Gasteiger partial charge in [-0.05, 0) is 25.0 Å². The van der Waals surface area contributed by atoms with Crippen LogP contribution in [0.3, 0.4) is 0 Å². The van der Waals surface area contributed by atoms with Crippen LogP contribution in [0.15, 0.2) is 22.8 Å². The Balaban J connectivity index is 2.55. The Morgan fingerprint density at radius 2 is 2.05 bits per heavy atom. The maximum atomic E-state index is 12.0. The van der Waals surface area contributed by atoms with Gasteiger partial charge in [-0.25, -0.2) is 4.79 Å². The Morgan fingerprint density at radius 1 is 1.40 bits per heavy atom. The first-order chi connectivity index (χ1) is 9.45. The molecule has 0 aliphatic heterocycles. The van der Waals surface area contributed by atoms with Crippen LogP contribution in [-0.2, 0) is 11.3 Å². The highest BCUT2D eigenvalue weighted by molar-refractivity contribution is 5.78. The fourth-order valence-corrected chi connectivity index (χ4v) is 1.97. The molecule has 0 aliphatic carbocycles.